The van der Waals surface area contributed by atoms with Crippen molar-refractivity contribution in [2.24, 2.45) is 0 Å². The van der Waals surface area contributed by atoms with Crippen molar-refractivity contribution in [3.63, 3.8) is 0 Å². The van der Waals surface area contributed by atoms with Crippen molar-refractivity contribution in [3.8, 4) is 0 Å². The van der Waals surface area contributed by atoms with E-state index in [9.17, 15) is 8.42 Å². The molecule has 0 bridgehead atoms. The SMILES string of the molecule is CCc1cccc(CC)c1Nc1cnnc(N(C)C2CCS(=O)(=O)C2)n1. The van der Waals surface area contributed by atoms with Crippen LogP contribution in [-0.4, -0.2) is 48.2 Å². The van der Waals surface area contributed by atoms with Gasteiger partial charge in [0.1, 0.15) is 0 Å². The van der Waals surface area contributed by atoms with E-state index >= 15 is 0 Å². The Bertz CT molecular complexity index is 863. The van der Waals surface area contributed by atoms with Crippen molar-refractivity contribution in [1.82, 2.24) is 15.2 Å². The Morgan fingerprint density at radius 2 is 1.92 bits per heavy atom. The van der Waals surface area contributed by atoms with Crippen LogP contribution in [0.5, 0.6) is 0 Å². The topological polar surface area (TPSA) is 88.1 Å². The van der Waals surface area contributed by atoms with Crippen molar-refractivity contribution < 1.29 is 8.42 Å². The van der Waals surface area contributed by atoms with Crippen LogP contribution in [0.25, 0.3) is 0 Å². The molecule has 1 aromatic heterocycles. The smallest absolute Gasteiger partial charge is 0.247 e. The molecule has 1 fully saturated rings. The molecule has 0 amide bonds. The number of aromatic nitrogens is 3. The summed E-state index contributed by atoms with van der Waals surface area (Å²) in [5, 5.41) is 11.5. The maximum atomic E-state index is 11.7. The molecule has 26 heavy (non-hydrogen) atoms. The Kier molecular flexibility index (Phi) is 5.41. The van der Waals surface area contributed by atoms with E-state index in [0.717, 1.165) is 18.5 Å². The Labute approximate surface area is 154 Å². The molecule has 1 unspecified atom stereocenters. The van der Waals surface area contributed by atoms with Gasteiger partial charge in [-0.05, 0) is 30.4 Å². The molecule has 2 heterocycles. The van der Waals surface area contributed by atoms with Gasteiger partial charge in [-0.3, -0.25) is 0 Å². The van der Waals surface area contributed by atoms with Gasteiger partial charge < -0.3 is 10.2 Å². The molecule has 1 aliphatic heterocycles. The maximum Gasteiger partial charge on any atom is 0.247 e. The minimum atomic E-state index is -2.96. The van der Waals surface area contributed by atoms with Crippen LogP contribution in [-0.2, 0) is 22.7 Å². The van der Waals surface area contributed by atoms with Gasteiger partial charge in [0.25, 0.3) is 0 Å². The van der Waals surface area contributed by atoms with Crippen LogP contribution >= 0.6 is 0 Å². The van der Waals surface area contributed by atoms with Crippen molar-refractivity contribution in [2.45, 2.75) is 39.2 Å². The molecule has 0 radical (unpaired) electrons. The Morgan fingerprint density at radius 3 is 2.50 bits per heavy atom. The fourth-order valence-electron chi connectivity index (χ4n) is 3.28. The fourth-order valence-corrected chi connectivity index (χ4v) is 5.05. The summed E-state index contributed by atoms with van der Waals surface area (Å²) in [5.41, 5.74) is 3.51. The minimum Gasteiger partial charge on any atom is -0.338 e. The standard InChI is InChI=1S/C18H25N5O2S/c1-4-13-7-6-8-14(5-2)17(13)20-16-11-19-22-18(21-16)23(3)15-9-10-26(24,25)12-15/h6-8,11,15H,4-5,9-10,12H2,1-3H3,(H,20,21,22). The van der Waals surface area contributed by atoms with E-state index in [1.54, 1.807) is 6.20 Å². The van der Waals surface area contributed by atoms with Gasteiger partial charge in [0.2, 0.25) is 5.95 Å². The largest absolute Gasteiger partial charge is 0.338 e. The van der Waals surface area contributed by atoms with Gasteiger partial charge in [0.05, 0.1) is 17.7 Å². The summed E-state index contributed by atoms with van der Waals surface area (Å²) >= 11 is 0. The molecule has 0 saturated carbocycles. The highest BCUT2D eigenvalue weighted by Crippen LogP contribution is 2.26. The third-order valence-electron chi connectivity index (χ3n) is 4.87. The minimum absolute atomic E-state index is 0.105. The molecule has 2 aromatic rings. The molecular formula is C18H25N5O2S. The van der Waals surface area contributed by atoms with E-state index in [4.69, 9.17) is 0 Å². The molecule has 7 nitrogen and oxygen atoms in total. The third-order valence-corrected chi connectivity index (χ3v) is 6.62. The number of hydrogen-bond acceptors (Lipinski definition) is 7. The summed E-state index contributed by atoms with van der Waals surface area (Å²) in [6, 6.07) is 6.17. The van der Waals surface area contributed by atoms with Gasteiger partial charge in [-0.2, -0.15) is 10.1 Å². The molecule has 1 aromatic carbocycles. The number of rotatable bonds is 6. The van der Waals surface area contributed by atoms with Crippen molar-refractivity contribution in [1.29, 1.82) is 0 Å². The van der Waals surface area contributed by atoms with Gasteiger partial charge in [-0.15, -0.1) is 5.10 Å². The van der Waals surface area contributed by atoms with E-state index in [-0.39, 0.29) is 17.5 Å². The summed E-state index contributed by atoms with van der Waals surface area (Å²) in [6.07, 6.45) is 4.02. The molecule has 1 N–H and O–H groups in total. The number of nitrogens with one attached hydrogen (secondary N) is 1. The summed E-state index contributed by atoms with van der Waals surface area (Å²) in [5.74, 6) is 1.41. The van der Waals surface area contributed by atoms with Crippen LogP contribution in [0.4, 0.5) is 17.5 Å². The lowest BCUT2D eigenvalue weighted by Gasteiger charge is -2.23. The molecule has 0 spiro atoms. The predicted molar refractivity (Wildman–Crippen MR) is 104 cm³/mol. The van der Waals surface area contributed by atoms with E-state index < -0.39 is 9.84 Å². The second-order valence-electron chi connectivity index (χ2n) is 6.59. The Balaban J connectivity index is 1.85. The van der Waals surface area contributed by atoms with Gasteiger partial charge in [0, 0.05) is 18.8 Å². The lowest BCUT2D eigenvalue weighted by Crippen LogP contribution is -2.34. The third kappa shape index (κ3) is 3.95. The summed E-state index contributed by atoms with van der Waals surface area (Å²) in [4.78, 5) is 6.37. The lowest BCUT2D eigenvalue weighted by molar-refractivity contribution is 0.600. The van der Waals surface area contributed by atoms with Gasteiger partial charge in [-0.25, -0.2) is 8.42 Å². The van der Waals surface area contributed by atoms with Crippen LogP contribution in [0.3, 0.4) is 0 Å². The number of anilines is 3. The van der Waals surface area contributed by atoms with Crippen LogP contribution < -0.4 is 10.2 Å². The number of para-hydroxylation sites is 1. The fraction of sp³-hybridized carbons (Fsp3) is 0.500. The molecule has 1 saturated heterocycles. The summed E-state index contributed by atoms with van der Waals surface area (Å²) in [6.45, 7) is 4.25. The molecule has 140 valence electrons. The normalized spacial score (nSPS) is 18.7. The highest BCUT2D eigenvalue weighted by atomic mass is 32.2. The van der Waals surface area contributed by atoms with Crippen LogP contribution in [0, 0.1) is 0 Å². The zero-order valence-electron chi connectivity index (χ0n) is 15.4. The van der Waals surface area contributed by atoms with Gasteiger partial charge in [0.15, 0.2) is 15.7 Å². The molecule has 0 aliphatic carbocycles. The Morgan fingerprint density at radius 1 is 1.23 bits per heavy atom. The van der Waals surface area contributed by atoms with Crippen LogP contribution in [0.1, 0.15) is 31.4 Å². The van der Waals surface area contributed by atoms with Crippen molar-refractivity contribution in [3.05, 3.63) is 35.5 Å². The second kappa shape index (κ2) is 7.57. The second-order valence-corrected chi connectivity index (χ2v) is 8.82. The molecular weight excluding hydrogens is 350 g/mol. The highest BCUT2D eigenvalue weighted by Gasteiger charge is 2.32. The molecule has 3 rings (SSSR count). The number of nitrogens with zero attached hydrogens (tertiary/aromatic N) is 4. The van der Waals surface area contributed by atoms with E-state index in [2.05, 4.69) is 52.5 Å². The molecule has 8 heteroatoms. The maximum absolute atomic E-state index is 11.7. The van der Waals surface area contributed by atoms with Crippen LogP contribution in [0.15, 0.2) is 24.4 Å². The number of hydrogen-bond donors (Lipinski definition) is 1. The first kappa shape index (κ1) is 18.6. The monoisotopic (exact) mass is 375 g/mol. The van der Waals surface area contributed by atoms with Gasteiger partial charge in [-0.1, -0.05) is 32.0 Å². The predicted octanol–water partition coefficient (Wildman–Crippen LogP) is 2.36. The number of aryl methyl sites for hydroxylation is 2. The van der Waals surface area contributed by atoms with E-state index in [1.165, 1.54) is 11.1 Å². The van der Waals surface area contributed by atoms with Gasteiger partial charge >= 0.3 is 0 Å². The number of sulfone groups is 1. The highest BCUT2D eigenvalue weighted by molar-refractivity contribution is 7.91. The average Bonchev–Trinajstić information content (AvgIpc) is 3.01. The summed E-state index contributed by atoms with van der Waals surface area (Å²) < 4.78 is 23.5. The van der Waals surface area contributed by atoms with E-state index in [1.807, 2.05) is 11.9 Å². The zero-order chi connectivity index (χ0) is 18.7. The zero-order valence-corrected chi connectivity index (χ0v) is 16.3. The lowest BCUT2D eigenvalue weighted by atomic mass is 10.0. The molecule has 1 aliphatic rings. The summed E-state index contributed by atoms with van der Waals surface area (Å²) in [7, 11) is -1.14. The first-order valence-electron chi connectivity index (χ1n) is 8.94. The first-order chi connectivity index (χ1) is 12.4. The first-order valence-corrected chi connectivity index (χ1v) is 10.8. The van der Waals surface area contributed by atoms with E-state index in [0.29, 0.717) is 18.2 Å². The quantitative estimate of drug-likeness (QED) is 0.829. The van der Waals surface area contributed by atoms with Crippen molar-refractivity contribution >= 4 is 27.3 Å². The molecule has 1 atom stereocenters. The van der Waals surface area contributed by atoms with Crippen molar-refractivity contribution in [2.75, 3.05) is 28.8 Å². The Hall–Kier alpha value is -2.22. The van der Waals surface area contributed by atoms with Crippen LogP contribution in [0.2, 0.25) is 0 Å². The number of benzene rings is 1. The average molecular weight is 375 g/mol.